The van der Waals surface area contributed by atoms with E-state index in [-0.39, 0.29) is 31.1 Å². The number of hydrogen-bond donors (Lipinski definition) is 0. The smallest absolute Gasteiger partial charge is 0.306 e. The third-order valence-corrected chi connectivity index (χ3v) is 15.7. The Bertz CT molecular complexity index is 1430. The fourth-order valence-corrected chi connectivity index (χ4v) is 10.4. The molecule has 466 valence electrons. The van der Waals surface area contributed by atoms with E-state index in [2.05, 4.69) is 81.5 Å². The molecule has 0 heterocycles. The highest BCUT2D eigenvalue weighted by molar-refractivity contribution is 5.71. The van der Waals surface area contributed by atoms with E-state index in [1.54, 1.807) is 0 Å². The van der Waals surface area contributed by atoms with Crippen LogP contribution in [0.1, 0.15) is 374 Å². The first-order valence-electron chi connectivity index (χ1n) is 35.3. The van der Waals surface area contributed by atoms with Crippen LogP contribution < -0.4 is 0 Å². The van der Waals surface area contributed by atoms with Gasteiger partial charge in [-0.05, 0) is 89.9 Å². The minimum absolute atomic E-state index is 0.0730. The second kappa shape index (κ2) is 68.6. The Morgan fingerprint density at radius 2 is 0.450 bits per heavy atom. The van der Waals surface area contributed by atoms with Crippen LogP contribution in [-0.2, 0) is 28.6 Å². The zero-order valence-electron chi connectivity index (χ0n) is 53.6. The van der Waals surface area contributed by atoms with Crippen molar-refractivity contribution in [1.82, 2.24) is 0 Å². The van der Waals surface area contributed by atoms with Gasteiger partial charge in [-0.15, -0.1) is 0 Å². The number of ether oxygens (including phenoxy) is 3. The Balaban J connectivity index is 4.24. The Labute approximate surface area is 498 Å². The molecular formula is C74H134O6. The summed E-state index contributed by atoms with van der Waals surface area (Å²) in [5, 5.41) is 0. The molecule has 0 aromatic carbocycles. The summed E-state index contributed by atoms with van der Waals surface area (Å²) < 4.78 is 17.0. The second-order valence-corrected chi connectivity index (χ2v) is 23.8. The Hall–Kier alpha value is -2.89. The van der Waals surface area contributed by atoms with Crippen molar-refractivity contribution in [1.29, 1.82) is 0 Å². The van der Waals surface area contributed by atoms with Crippen LogP contribution in [0.4, 0.5) is 0 Å². The van der Waals surface area contributed by atoms with Crippen LogP contribution in [-0.4, -0.2) is 37.2 Å². The molecule has 0 aliphatic rings. The van der Waals surface area contributed by atoms with E-state index < -0.39 is 6.10 Å². The van der Waals surface area contributed by atoms with Gasteiger partial charge in [0.2, 0.25) is 0 Å². The Morgan fingerprint density at radius 1 is 0.250 bits per heavy atom. The maximum absolute atomic E-state index is 12.9. The highest BCUT2D eigenvalue weighted by Crippen LogP contribution is 2.18. The molecule has 0 spiro atoms. The number of unbranched alkanes of at least 4 members (excludes halogenated alkanes) is 44. The molecule has 0 amide bonds. The molecule has 0 N–H and O–H groups in total. The topological polar surface area (TPSA) is 78.9 Å². The molecule has 80 heavy (non-hydrogen) atoms. The van der Waals surface area contributed by atoms with Gasteiger partial charge in [0.25, 0.3) is 0 Å². The van der Waals surface area contributed by atoms with E-state index in [0.717, 1.165) is 83.5 Å². The fraction of sp³-hybridized carbons (Fsp3) is 0.824. The minimum atomic E-state index is -0.777. The first kappa shape index (κ1) is 77.1. The number of carbonyl (C=O) groups excluding carboxylic acids is 3. The van der Waals surface area contributed by atoms with E-state index in [0.29, 0.717) is 19.3 Å². The van der Waals surface area contributed by atoms with Crippen LogP contribution in [0.2, 0.25) is 0 Å². The summed E-state index contributed by atoms with van der Waals surface area (Å²) in [6, 6.07) is 0. The molecule has 0 aliphatic heterocycles. The van der Waals surface area contributed by atoms with Crippen molar-refractivity contribution in [3.8, 4) is 0 Å². The number of rotatable bonds is 65. The normalized spacial score (nSPS) is 12.4. The quantitative estimate of drug-likeness (QED) is 0.0261. The molecule has 0 bridgehead atoms. The third-order valence-electron chi connectivity index (χ3n) is 15.7. The summed E-state index contributed by atoms with van der Waals surface area (Å²) in [5.74, 6) is -0.858. The summed E-state index contributed by atoms with van der Waals surface area (Å²) in [5.41, 5.74) is 0. The van der Waals surface area contributed by atoms with Crippen molar-refractivity contribution >= 4 is 17.9 Å². The lowest BCUT2D eigenvalue weighted by molar-refractivity contribution is -0.167. The predicted octanol–water partition coefficient (Wildman–Crippen LogP) is 24.3. The molecule has 0 fully saturated rings. The van der Waals surface area contributed by atoms with Crippen LogP contribution in [0.15, 0.2) is 60.8 Å². The van der Waals surface area contributed by atoms with E-state index in [4.69, 9.17) is 14.2 Å². The molecule has 0 radical (unpaired) electrons. The Kier molecular flexibility index (Phi) is 66.1. The first-order valence-corrected chi connectivity index (χ1v) is 35.3. The fourth-order valence-electron chi connectivity index (χ4n) is 10.4. The molecule has 0 rings (SSSR count). The number of esters is 3. The largest absolute Gasteiger partial charge is 0.462 e. The number of hydrogen-bond acceptors (Lipinski definition) is 6. The molecule has 0 aromatic heterocycles. The zero-order chi connectivity index (χ0) is 57.8. The molecule has 0 aliphatic carbocycles. The Morgan fingerprint density at radius 3 is 0.700 bits per heavy atom. The lowest BCUT2D eigenvalue weighted by Crippen LogP contribution is -2.30. The van der Waals surface area contributed by atoms with Crippen LogP contribution in [0.3, 0.4) is 0 Å². The van der Waals surface area contributed by atoms with Gasteiger partial charge in [-0.2, -0.15) is 0 Å². The zero-order valence-corrected chi connectivity index (χ0v) is 53.6. The SMILES string of the molecule is CCCCCCC/C=C\C/C=C\C/C=C\CCCCCCCCCCC(=O)OC(COC(=O)CCCCCCCCCCCCCC)COC(=O)CCCCCCCCCCCCCCCCC/C=C\C/C=C\CCCCCCC. The summed E-state index contributed by atoms with van der Waals surface area (Å²) in [6.07, 6.45) is 88.2. The van der Waals surface area contributed by atoms with Gasteiger partial charge in [0.05, 0.1) is 0 Å². The van der Waals surface area contributed by atoms with E-state index >= 15 is 0 Å². The van der Waals surface area contributed by atoms with E-state index in [1.165, 1.54) is 250 Å². The summed E-state index contributed by atoms with van der Waals surface area (Å²) >= 11 is 0. The first-order chi connectivity index (χ1) is 39.5. The van der Waals surface area contributed by atoms with Crippen molar-refractivity contribution < 1.29 is 28.6 Å². The molecule has 1 unspecified atom stereocenters. The van der Waals surface area contributed by atoms with Crippen LogP contribution in [0, 0.1) is 0 Å². The number of carbonyl (C=O) groups is 3. The lowest BCUT2D eigenvalue weighted by Gasteiger charge is -2.18. The second-order valence-electron chi connectivity index (χ2n) is 23.8. The third kappa shape index (κ3) is 65.9. The maximum atomic E-state index is 12.9. The van der Waals surface area contributed by atoms with Crippen molar-refractivity contribution in [3.63, 3.8) is 0 Å². The number of allylic oxidation sites excluding steroid dienone is 10. The van der Waals surface area contributed by atoms with Crippen LogP contribution in [0.5, 0.6) is 0 Å². The summed E-state index contributed by atoms with van der Waals surface area (Å²) in [6.45, 7) is 6.66. The molecule has 0 saturated carbocycles. The van der Waals surface area contributed by atoms with Gasteiger partial charge in [-0.3, -0.25) is 14.4 Å². The van der Waals surface area contributed by atoms with Crippen molar-refractivity contribution in [2.75, 3.05) is 13.2 Å². The summed E-state index contributed by atoms with van der Waals surface area (Å²) in [7, 11) is 0. The van der Waals surface area contributed by atoms with Gasteiger partial charge in [0, 0.05) is 19.3 Å². The van der Waals surface area contributed by atoms with Crippen LogP contribution in [0.25, 0.3) is 0 Å². The molecule has 0 saturated heterocycles. The van der Waals surface area contributed by atoms with Crippen molar-refractivity contribution in [2.45, 2.75) is 380 Å². The van der Waals surface area contributed by atoms with Crippen molar-refractivity contribution in [2.24, 2.45) is 0 Å². The van der Waals surface area contributed by atoms with Gasteiger partial charge in [-0.1, -0.05) is 326 Å². The molecule has 0 aromatic rings. The van der Waals surface area contributed by atoms with Crippen LogP contribution >= 0.6 is 0 Å². The van der Waals surface area contributed by atoms with Gasteiger partial charge >= 0.3 is 17.9 Å². The lowest BCUT2D eigenvalue weighted by atomic mass is 10.0. The average Bonchev–Trinajstić information content (AvgIpc) is 3.46. The van der Waals surface area contributed by atoms with Gasteiger partial charge in [-0.25, -0.2) is 0 Å². The van der Waals surface area contributed by atoms with Gasteiger partial charge < -0.3 is 14.2 Å². The monoisotopic (exact) mass is 1120 g/mol. The van der Waals surface area contributed by atoms with E-state index in [9.17, 15) is 14.4 Å². The molecule has 6 heteroatoms. The maximum Gasteiger partial charge on any atom is 0.306 e. The van der Waals surface area contributed by atoms with Gasteiger partial charge in [0.15, 0.2) is 6.10 Å². The summed E-state index contributed by atoms with van der Waals surface area (Å²) in [4.78, 5) is 38.4. The molecule has 1 atom stereocenters. The van der Waals surface area contributed by atoms with E-state index in [1.807, 2.05) is 0 Å². The standard InChI is InChI=1S/C74H134O6/c1-4-7-10-13-16-19-22-25-27-29-31-33-35-36-37-38-40-41-43-45-47-49-52-55-58-61-64-67-73(76)79-70-71(69-78-72(75)66-63-60-57-54-51-24-21-18-15-12-9-6-3)80-74(77)68-65-62-59-56-53-50-48-46-44-42-39-34-32-30-28-26-23-20-17-14-11-8-5-2/h22-23,25-26,29-32,39,42,71H,4-21,24,27-28,33-38,40-41,43-70H2,1-3H3/b25-22-,26-23-,31-29-,32-30-,42-39-. The van der Waals surface area contributed by atoms with Gasteiger partial charge in [0.1, 0.15) is 13.2 Å². The highest BCUT2D eigenvalue weighted by Gasteiger charge is 2.19. The molecular weight excluding hydrogens is 985 g/mol. The van der Waals surface area contributed by atoms with Crippen molar-refractivity contribution in [3.05, 3.63) is 60.8 Å². The predicted molar refractivity (Wildman–Crippen MR) is 348 cm³/mol. The highest BCUT2D eigenvalue weighted by atomic mass is 16.6. The average molecular weight is 1120 g/mol. The molecule has 6 nitrogen and oxygen atoms in total. The minimum Gasteiger partial charge on any atom is -0.462 e.